The number of aryl methyl sites for hydroxylation is 1. The summed E-state index contributed by atoms with van der Waals surface area (Å²) < 4.78 is 0. The van der Waals surface area contributed by atoms with E-state index in [4.69, 9.17) is 0 Å². The fourth-order valence-corrected chi connectivity index (χ4v) is 2.17. The van der Waals surface area contributed by atoms with Crippen LogP contribution in [-0.2, 0) is 0 Å². The number of nitrogens with zero attached hydrogens (tertiary/aromatic N) is 1. The Morgan fingerprint density at radius 1 is 1.28 bits per heavy atom. The quantitative estimate of drug-likeness (QED) is 0.580. The van der Waals surface area contributed by atoms with Crippen LogP contribution in [0.25, 0.3) is 0 Å². The zero-order valence-corrected chi connectivity index (χ0v) is 11.4. The second-order valence-corrected chi connectivity index (χ2v) is 4.68. The van der Waals surface area contributed by atoms with E-state index in [-0.39, 0.29) is 10.6 Å². The molecule has 0 aliphatic rings. The number of nitro benzene ring substituents is 1. The molecule has 4 nitrogen and oxygen atoms in total. The second kappa shape index (κ2) is 6.99. The highest BCUT2D eigenvalue weighted by atomic mass is 16.6. The van der Waals surface area contributed by atoms with E-state index in [1.54, 1.807) is 19.1 Å². The van der Waals surface area contributed by atoms with Crippen LogP contribution >= 0.6 is 0 Å². The number of anilines is 1. The smallest absolute Gasteiger partial charge is 0.272 e. The van der Waals surface area contributed by atoms with Crippen molar-refractivity contribution in [1.82, 2.24) is 0 Å². The van der Waals surface area contributed by atoms with Gasteiger partial charge in [0.15, 0.2) is 0 Å². The number of nitrogens with one attached hydrogen (secondary N) is 1. The van der Waals surface area contributed by atoms with Gasteiger partial charge >= 0.3 is 0 Å². The standard InChI is InChI=1S/C14H22N2O2/c1-4-6-12(7-5-2)15-13-8-9-14(16(17)18)11(3)10-13/h8-10,12,15H,4-7H2,1-3H3. The first-order chi connectivity index (χ1) is 8.58. The molecule has 0 bridgehead atoms. The molecule has 18 heavy (non-hydrogen) atoms. The van der Waals surface area contributed by atoms with Gasteiger partial charge in [0.2, 0.25) is 0 Å². The zero-order chi connectivity index (χ0) is 13.5. The van der Waals surface area contributed by atoms with Crippen molar-refractivity contribution in [3.8, 4) is 0 Å². The van der Waals surface area contributed by atoms with Crippen molar-refractivity contribution < 1.29 is 4.92 Å². The highest BCUT2D eigenvalue weighted by molar-refractivity contribution is 5.53. The van der Waals surface area contributed by atoms with Gasteiger partial charge in [-0.25, -0.2) is 0 Å². The van der Waals surface area contributed by atoms with Gasteiger partial charge in [0.05, 0.1) is 4.92 Å². The summed E-state index contributed by atoms with van der Waals surface area (Å²) in [6.07, 6.45) is 4.54. The predicted octanol–water partition coefficient (Wildman–Crippen LogP) is 4.28. The van der Waals surface area contributed by atoms with E-state index >= 15 is 0 Å². The summed E-state index contributed by atoms with van der Waals surface area (Å²) in [4.78, 5) is 10.4. The fourth-order valence-electron chi connectivity index (χ4n) is 2.17. The maximum absolute atomic E-state index is 10.7. The molecule has 0 aliphatic carbocycles. The molecule has 1 aromatic rings. The molecule has 0 aliphatic heterocycles. The summed E-state index contributed by atoms with van der Waals surface area (Å²) in [6.45, 7) is 6.12. The molecule has 0 saturated heterocycles. The van der Waals surface area contributed by atoms with Gasteiger partial charge in [-0.15, -0.1) is 0 Å². The predicted molar refractivity (Wildman–Crippen MR) is 75.1 cm³/mol. The summed E-state index contributed by atoms with van der Waals surface area (Å²) in [5, 5.41) is 14.2. The maximum atomic E-state index is 10.7. The first-order valence-corrected chi connectivity index (χ1v) is 6.60. The van der Waals surface area contributed by atoms with Gasteiger partial charge in [0.1, 0.15) is 0 Å². The van der Waals surface area contributed by atoms with E-state index in [9.17, 15) is 10.1 Å². The zero-order valence-electron chi connectivity index (χ0n) is 11.4. The number of hydrogen-bond donors (Lipinski definition) is 1. The Morgan fingerprint density at radius 3 is 2.33 bits per heavy atom. The molecule has 0 spiro atoms. The van der Waals surface area contributed by atoms with Gasteiger partial charge in [-0.05, 0) is 31.9 Å². The molecule has 0 amide bonds. The molecule has 0 aromatic heterocycles. The molecule has 0 fully saturated rings. The van der Waals surface area contributed by atoms with Gasteiger partial charge in [0, 0.05) is 23.4 Å². The van der Waals surface area contributed by atoms with E-state index in [0.717, 1.165) is 31.4 Å². The molecule has 100 valence electrons. The lowest BCUT2D eigenvalue weighted by Gasteiger charge is -2.19. The molecule has 0 unspecified atom stereocenters. The maximum Gasteiger partial charge on any atom is 0.272 e. The SMILES string of the molecule is CCCC(CCC)Nc1ccc([N+](=O)[O-])c(C)c1. The summed E-state index contributed by atoms with van der Waals surface area (Å²) >= 11 is 0. The van der Waals surface area contributed by atoms with Gasteiger partial charge in [0.25, 0.3) is 5.69 Å². The van der Waals surface area contributed by atoms with E-state index in [2.05, 4.69) is 19.2 Å². The van der Waals surface area contributed by atoms with E-state index < -0.39 is 0 Å². The van der Waals surface area contributed by atoms with E-state index in [0.29, 0.717) is 11.6 Å². The highest BCUT2D eigenvalue weighted by Gasteiger charge is 2.12. The topological polar surface area (TPSA) is 55.2 Å². The molecular weight excluding hydrogens is 228 g/mol. The summed E-state index contributed by atoms with van der Waals surface area (Å²) in [7, 11) is 0. The van der Waals surface area contributed by atoms with Gasteiger partial charge < -0.3 is 5.32 Å². The summed E-state index contributed by atoms with van der Waals surface area (Å²) in [5.74, 6) is 0. The molecular formula is C14H22N2O2. The van der Waals surface area contributed by atoms with Crippen LogP contribution in [-0.4, -0.2) is 11.0 Å². The lowest BCUT2D eigenvalue weighted by Crippen LogP contribution is -2.18. The minimum Gasteiger partial charge on any atom is -0.382 e. The molecule has 1 rings (SSSR count). The van der Waals surface area contributed by atoms with Crippen molar-refractivity contribution >= 4 is 11.4 Å². The lowest BCUT2D eigenvalue weighted by atomic mass is 10.1. The van der Waals surface area contributed by atoms with E-state index in [1.807, 2.05) is 6.07 Å². The van der Waals surface area contributed by atoms with Crippen LogP contribution in [0.2, 0.25) is 0 Å². The number of benzene rings is 1. The molecule has 1 N–H and O–H groups in total. The van der Waals surface area contributed by atoms with Crippen molar-refractivity contribution in [1.29, 1.82) is 0 Å². The minimum atomic E-state index is -0.339. The second-order valence-electron chi connectivity index (χ2n) is 4.68. The number of nitro groups is 1. The summed E-state index contributed by atoms with van der Waals surface area (Å²) in [6, 6.07) is 5.69. The van der Waals surface area contributed by atoms with Crippen molar-refractivity contribution in [3.63, 3.8) is 0 Å². The van der Waals surface area contributed by atoms with Crippen LogP contribution in [0.4, 0.5) is 11.4 Å². The third-order valence-electron chi connectivity index (χ3n) is 3.04. The number of hydrogen-bond acceptors (Lipinski definition) is 3. The van der Waals surface area contributed by atoms with Crippen LogP contribution in [0.5, 0.6) is 0 Å². The normalized spacial score (nSPS) is 10.7. The van der Waals surface area contributed by atoms with Crippen LogP contribution in [0.1, 0.15) is 45.1 Å². The Balaban J connectivity index is 2.77. The Bertz CT molecular complexity index is 399. The molecule has 0 radical (unpaired) electrons. The Kier molecular flexibility index (Phi) is 5.62. The van der Waals surface area contributed by atoms with Gasteiger partial charge in [-0.3, -0.25) is 10.1 Å². The Hall–Kier alpha value is -1.58. The molecule has 4 heteroatoms. The molecule has 1 aromatic carbocycles. The molecule has 0 atom stereocenters. The minimum absolute atomic E-state index is 0.183. The lowest BCUT2D eigenvalue weighted by molar-refractivity contribution is -0.385. The Labute approximate surface area is 109 Å². The van der Waals surface area contributed by atoms with Crippen LogP contribution in [0, 0.1) is 17.0 Å². The van der Waals surface area contributed by atoms with E-state index in [1.165, 1.54) is 0 Å². The van der Waals surface area contributed by atoms with Crippen LogP contribution in [0.15, 0.2) is 18.2 Å². The van der Waals surface area contributed by atoms with Crippen molar-refractivity contribution in [2.24, 2.45) is 0 Å². The third-order valence-corrected chi connectivity index (χ3v) is 3.04. The van der Waals surface area contributed by atoms with Crippen molar-refractivity contribution in [2.45, 2.75) is 52.5 Å². The van der Waals surface area contributed by atoms with Gasteiger partial charge in [-0.1, -0.05) is 26.7 Å². The largest absolute Gasteiger partial charge is 0.382 e. The first kappa shape index (κ1) is 14.5. The fraction of sp³-hybridized carbons (Fsp3) is 0.571. The average Bonchev–Trinajstić information content (AvgIpc) is 2.29. The first-order valence-electron chi connectivity index (χ1n) is 6.60. The van der Waals surface area contributed by atoms with Crippen LogP contribution < -0.4 is 5.32 Å². The van der Waals surface area contributed by atoms with Crippen molar-refractivity contribution in [2.75, 3.05) is 5.32 Å². The highest BCUT2D eigenvalue weighted by Crippen LogP contribution is 2.23. The monoisotopic (exact) mass is 250 g/mol. The van der Waals surface area contributed by atoms with Crippen LogP contribution in [0.3, 0.4) is 0 Å². The van der Waals surface area contributed by atoms with Gasteiger partial charge in [-0.2, -0.15) is 0 Å². The average molecular weight is 250 g/mol. The molecule has 0 heterocycles. The summed E-state index contributed by atoms with van der Waals surface area (Å²) in [5.41, 5.74) is 1.87. The third kappa shape index (κ3) is 4.02. The molecule has 0 saturated carbocycles. The Morgan fingerprint density at radius 2 is 1.89 bits per heavy atom. The number of rotatable bonds is 7. The van der Waals surface area contributed by atoms with Crippen molar-refractivity contribution in [3.05, 3.63) is 33.9 Å².